The number of hydrogen-bond acceptors (Lipinski definition) is 7. The van der Waals surface area contributed by atoms with E-state index in [0.717, 1.165) is 61.3 Å². The zero-order valence-corrected chi connectivity index (χ0v) is 20.3. The lowest BCUT2D eigenvalue weighted by molar-refractivity contribution is 0.249. The van der Waals surface area contributed by atoms with Gasteiger partial charge in [-0.2, -0.15) is 5.10 Å². The molecule has 2 aliphatic heterocycles. The first-order chi connectivity index (χ1) is 15.3. The zero-order chi connectivity index (χ0) is 22.9. The van der Waals surface area contributed by atoms with Crippen molar-refractivity contribution in [2.75, 3.05) is 56.3 Å². The van der Waals surface area contributed by atoms with Gasteiger partial charge in [0.25, 0.3) is 0 Å². The number of rotatable bonds is 7. The van der Waals surface area contributed by atoms with Crippen molar-refractivity contribution < 1.29 is 17.9 Å². The van der Waals surface area contributed by atoms with Crippen LogP contribution in [0.25, 0.3) is 0 Å². The summed E-state index contributed by atoms with van der Waals surface area (Å²) < 4.78 is 36.9. The van der Waals surface area contributed by atoms with Gasteiger partial charge in [-0.05, 0) is 44.9 Å². The molecule has 2 aromatic rings. The molecular weight excluding hydrogens is 428 g/mol. The Morgan fingerprint density at radius 1 is 1.12 bits per heavy atom. The summed E-state index contributed by atoms with van der Waals surface area (Å²) >= 11 is 0. The van der Waals surface area contributed by atoms with Gasteiger partial charge in [0.15, 0.2) is 21.3 Å². The quantitative estimate of drug-likeness (QED) is 0.626. The molecule has 0 radical (unpaired) electrons. The maximum atomic E-state index is 11.9. The van der Waals surface area contributed by atoms with E-state index >= 15 is 0 Å². The highest BCUT2D eigenvalue weighted by Crippen LogP contribution is 2.32. The molecule has 1 aromatic carbocycles. The molecule has 4 rings (SSSR count). The van der Waals surface area contributed by atoms with Crippen LogP contribution in [0.4, 0.5) is 5.69 Å². The maximum absolute atomic E-state index is 11.9. The Bertz CT molecular complexity index is 1060. The lowest BCUT2D eigenvalue weighted by Gasteiger charge is -2.36. The fourth-order valence-corrected chi connectivity index (χ4v) is 6.60. The van der Waals surface area contributed by atoms with E-state index in [1.165, 1.54) is 5.56 Å². The van der Waals surface area contributed by atoms with Crippen molar-refractivity contribution in [2.45, 2.75) is 39.8 Å². The number of nitrogens with zero attached hydrogens (tertiary/aromatic N) is 4. The molecule has 1 atom stereocenters. The Balaban J connectivity index is 1.40. The Kier molecular flexibility index (Phi) is 6.67. The number of methoxy groups -OCH3 is 1. The van der Waals surface area contributed by atoms with Crippen molar-refractivity contribution in [1.29, 1.82) is 0 Å². The smallest absolute Gasteiger partial charge is 0.161 e. The highest BCUT2D eigenvalue weighted by atomic mass is 32.2. The molecule has 0 aliphatic carbocycles. The van der Waals surface area contributed by atoms with Gasteiger partial charge in [-0.25, -0.2) is 8.42 Å². The Labute approximate surface area is 191 Å². The molecule has 176 valence electrons. The number of sulfone groups is 1. The van der Waals surface area contributed by atoms with E-state index in [-0.39, 0.29) is 17.5 Å². The normalized spacial score (nSPS) is 21.1. The van der Waals surface area contributed by atoms with Gasteiger partial charge in [0.1, 0.15) is 0 Å². The Hall–Kier alpha value is -2.26. The van der Waals surface area contributed by atoms with Crippen molar-refractivity contribution in [3.63, 3.8) is 0 Å². The van der Waals surface area contributed by atoms with Crippen LogP contribution in [0.5, 0.6) is 11.5 Å². The minimum atomic E-state index is -2.93. The molecule has 0 bridgehead atoms. The highest BCUT2D eigenvalue weighted by Gasteiger charge is 2.32. The average molecular weight is 463 g/mol. The third-order valence-electron chi connectivity index (χ3n) is 6.46. The van der Waals surface area contributed by atoms with E-state index in [4.69, 9.17) is 14.6 Å². The molecule has 8 nitrogen and oxygen atoms in total. The molecule has 1 unspecified atom stereocenters. The molecule has 0 saturated carbocycles. The number of hydrogen-bond donors (Lipinski definition) is 0. The van der Waals surface area contributed by atoms with Crippen molar-refractivity contribution in [2.24, 2.45) is 0 Å². The van der Waals surface area contributed by atoms with Gasteiger partial charge in [-0.3, -0.25) is 9.58 Å². The van der Waals surface area contributed by atoms with E-state index in [1.54, 1.807) is 7.11 Å². The van der Waals surface area contributed by atoms with Crippen molar-refractivity contribution in [3.8, 4) is 11.5 Å². The summed E-state index contributed by atoms with van der Waals surface area (Å²) in [6.07, 6.45) is 0.656. The maximum Gasteiger partial charge on any atom is 0.161 e. The van der Waals surface area contributed by atoms with Crippen LogP contribution >= 0.6 is 0 Å². The second-order valence-electron chi connectivity index (χ2n) is 8.70. The fourth-order valence-electron chi connectivity index (χ4n) is 4.91. The second-order valence-corrected chi connectivity index (χ2v) is 10.9. The van der Waals surface area contributed by atoms with Crippen LogP contribution in [-0.4, -0.2) is 74.5 Å². The molecule has 9 heteroatoms. The number of piperazine rings is 1. The zero-order valence-electron chi connectivity index (χ0n) is 19.5. The largest absolute Gasteiger partial charge is 0.493 e. The van der Waals surface area contributed by atoms with E-state index in [1.807, 2.05) is 24.6 Å². The van der Waals surface area contributed by atoms with Crippen LogP contribution in [0.1, 0.15) is 36.3 Å². The number of aryl methyl sites for hydroxylation is 1. The molecule has 2 fully saturated rings. The molecule has 1 aromatic heterocycles. The number of anilines is 1. The lowest BCUT2D eigenvalue weighted by atomic mass is 10.1. The molecule has 3 heterocycles. The summed E-state index contributed by atoms with van der Waals surface area (Å²) in [6, 6.07) is 6.11. The van der Waals surface area contributed by atoms with Crippen molar-refractivity contribution in [1.82, 2.24) is 14.7 Å². The average Bonchev–Trinajstić information content (AvgIpc) is 3.28. The third kappa shape index (κ3) is 4.73. The number of benzene rings is 1. The molecule has 2 aliphatic rings. The molecule has 0 spiro atoms. The minimum Gasteiger partial charge on any atom is -0.493 e. The van der Waals surface area contributed by atoms with Gasteiger partial charge >= 0.3 is 0 Å². The molecular formula is C23H34N4O4S. The van der Waals surface area contributed by atoms with Crippen LogP contribution in [0.15, 0.2) is 18.2 Å². The van der Waals surface area contributed by atoms with E-state index in [2.05, 4.69) is 28.9 Å². The Morgan fingerprint density at radius 2 is 1.88 bits per heavy atom. The van der Waals surface area contributed by atoms with Gasteiger partial charge in [0.05, 0.1) is 48.3 Å². The van der Waals surface area contributed by atoms with E-state index in [9.17, 15) is 8.42 Å². The number of aromatic nitrogens is 2. The van der Waals surface area contributed by atoms with Gasteiger partial charge in [0, 0.05) is 32.7 Å². The van der Waals surface area contributed by atoms with Crippen LogP contribution in [0.2, 0.25) is 0 Å². The summed E-state index contributed by atoms with van der Waals surface area (Å²) in [5, 5.41) is 4.73. The summed E-state index contributed by atoms with van der Waals surface area (Å²) in [4.78, 5) is 4.84. The topological polar surface area (TPSA) is 76.9 Å². The summed E-state index contributed by atoms with van der Waals surface area (Å²) in [7, 11) is -1.26. The SMILES string of the molecule is CCOc1ccc(CN2CCN(c3c(C)nn(C4CCS(=O)(=O)C4)c3C)CC2)cc1OC. The van der Waals surface area contributed by atoms with Crippen LogP contribution in [-0.2, 0) is 16.4 Å². The monoisotopic (exact) mass is 462 g/mol. The second kappa shape index (κ2) is 9.31. The van der Waals surface area contributed by atoms with E-state index in [0.29, 0.717) is 13.0 Å². The standard InChI is InChI=1S/C23H34N4O4S/c1-5-31-21-7-6-19(14-22(21)30-4)15-25-9-11-26(12-10-25)23-17(2)24-27(18(23)3)20-8-13-32(28,29)16-20/h6-7,14,20H,5,8-13,15-16H2,1-4H3. The predicted molar refractivity (Wildman–Crippen MR) is 126 cm³/mol. The summed E-state index contributed by atoms with van der Waals surface area (Å²) in [5.41, 5.74) is 4.43. The van der Waals surface area contributed by atoms with Crippen molar-refractivity contribution in [3.05, 3.63) is 35.2 Å². The number of ether oxygens (including phenoxy) is 2. The minimum absolute atomic E-state index is 0.0385. The van der Waals surface area contributed by atoms with Gasteiger partial charge in [0.2, 0.25) is 0 Å². The molecule has 0 amide bonds. The first kappa shape index (κ1) is 22.9. The lowest BCUT2D eigenvalue weighted by Crippen LogP contribution is -2.46. The summed E-state index contributed by atoms with van der Waals surface area (Å²) in [5.74, 6) is 2.02. The molecule has 2 saturated heterocycles. The Morgan fingerprint density at radius 3 is 2.50 bits per heavy atom. The third-order valence-corrected chi connectivity index (χ3v) is 8.21. The first-order valence-corrected chi connectivity index (χ1v) is 13.2. The van der Waals surface area contributed by atoms with Gasteiger partial charge < -0.3 is 14.4 Å². The molecule has 0 N–H and O–H groups in total. The van der Waals surface area contributed by atoms with Crippen LogP contribution < -0.4 is 14.4 Å². The predicted octanol–water partition coefficient (Wildman–Crippen LogP) is 2.59. The van der Waals surface area contributed by atoms with Crippen LogP contribution in [0, 0.1) is 13.8 Å². The summed E-state index contributed by atoms with van der Waals surface area (Å²) in [6.45, 7) is 11.3. The first-order valence-electron chi connectivity index (χ1n) is 11.3. The van der Waals surface area contributed by atoms with Gasteiger partial charge in [-0.1, -0.05) is 6.07 Å². The van der Waals surface area contributed by atoms with Crippen LogP contribution in [0.3, 0.4) is 0 Å². The molecule has 32 heavy (non-hydrogen) atoms. The fraction of sp³-hybridized carbons (Fsp3) is 0.609. The highest BCUT2D eigenvalue weighted by molar-refractivity contribution is 7.91. The van der Waals surface area contributed by atoms with E-state index < -0.39 is 9.84 Å². The van der Waals surface area contributed by atoms with Crippen molar-refractivity contribution >= 4 is 15.5 Å². The van der Waals surface area contributed by atoms with Gasteiger partial charge in [-0.15, -0.1) is 0 Å².